The van der Waals surface area contributed by atoms with Gasteiger partial charge in [0.2, 0.25) is 0 Å². The molecule has 2 aliphatic carbocycles. The van der Waals surface area contributed by atoms with Crippen LogP contribution >= 0.6 is 0 Å². The number of rotatable bonds is 3. The molecule has 0 heterocycles. The first-order valence-corrected chi connectivity index (χ1v) is 9.45. The molecule has 0 heteroatoms. The lowest BCUT2D eigenvalue weighted by Crippen LogP contribution is -2.25. The number of allylic oxidation sites excluding steroid dienone is 2. The second-order valence-electron chi connectivity index (χ2n) is 7.72. The van der Waals surface area contributed by atoms with Crippen molar-refractivity contribution in [2.75, 3.05) is 0 Å². The second-order valence-corrected chi connectivity index (χ2v) is 7.72. The number of hydrogen-bond donors (Lipinski definition) is 0. The fraction of sp³-hybridized carbons (Fsp3) is 0.636. The Morgan fingerprint density at radius 1 is 0.773 bits per heavy atom. The zero-order valence-corrected chi connectivity index (χ0v) is 14.4. The molecule has 0 saturated heterocycles. The van der Waals surface area contributed by atoms with Gasteiger partial charge < -0.3 is 0 Å². The van der Waals surface area contributed by atoms with E-state index < -0.39 is 0 Å². The van der Waals surface area contributed by atoms with Gasteiger partial charge in [-0.2, -0.15) is 0 Å². The van der Waals surface area contributed by atoms with E-state index in [2.05, 4.69) is 50.3 Å². The summed E-state index contributed by atoms with van der Waals surface area (Å²) in [4.78, 5) is 0. The van der Waals surface area contributed by atoms with Gasteiger partial charge in [0.1, 0.15) is 0 Å². The Morgan fingerprint density at radius 3 is 1.86 bits per heavy atom. The lowest BCUT2D eigenvalue weighted by molar-refractivity contribution is 0.171. The summed E-state index contributed by atoms with van der Waals surface area (Å²) in [7, 11) is 0. The first-order chi connectivity index (χ1) is 10.8. The van der Waals surface area contributed by atoms with Gasteiger partial charge in [-0.1, -0.05) is 42.0 Å². The van der Waals surface area contributed by atoms with Crippen LogP contribution in [0, 0.1) is 24.7 Å². The third-order valence-corrected chi connectivity index (χ3v) is 6.27. The molecule has 22 heavy (non-hydrogen) atoms. The molecule has 0 aromatic heterocycles. The maximum absolute atomic E-state index is 2.44. The Morgan fingerprint density at radius 2 is 1.32 bits per heavy atom. The van der Waals surface area contributed by atoms with Crippen LogP contribution in [-0.4, -0.2) is 0 Å². The lowest BCUT2D eigenvalue weighted by Gasteiger charge is -2.37. The van der Waals surface area contributed by atoms with Gasteiger partial charge in [0, 0.05) is 0 Å². The Kier molecular flexibility index (Phi) is 5.39. The summed E-state index contributed by atoms with van der Waals surface area (Å²) in [5.74, 6) is 3.76. The van der Waals surface area contributed by atoms with Gasteiger partial charge in [-0.15, -0.1) is 0 Å². The summed E-state index contributed by atoms with van der Waals surface area (Å²) in [6, 6.07) is 9.29. The van der Waals surface area contributed by atoms with E-state index in [9.17, 15) is 0 Å². The molecule has 1 aromatic carbocycles. The highest BCUT2D eigenvalue weighted by Gasteiger charge is 2.30. The molecule has 0 N–H and O–H groups in total. The first-order valence-electron chi connectivity index (χ1n) is 9.45. The average Bonchev–Trinajstić information content (AvgIpc) is 2.57. The third kappa shape index (κ3) is 3.83. The van der Waals surface area contributed by atoms with Crippen LogP contribution in [0.1, 0.15) is 75.3 Å². The average molecular weight is 296 g/mol. The van der Waals surface area contributed by atoms with Crippen LogP contribution in [0.2, 0.25) is 0 Å². The van der Waals surface area contributed by atoms with Crippen molar-refractivity contribution in [2.45, 2.75) is 71.1 Å². The summed E-state index contributed by atoms with van der Waals surface area (Å²) in [5.41, 5.74) is 2.97. The van der Waals surface area contributed by atoms with Crippen molar-refractivity contribution in [3.05, 3.63) is 47.5 Å². The normalized spacial score (nSPS) is 33.2. The molecule has 0 spiro atoms. The SMILES string of the molecule is C/C=C/C1CCC(C2CCC(c3ccc(C)cc3)CC2)CC1. The van der Waals surface area contributed by atoms with Crippen LogP contribution in [0.4, 0.5) is 0 Å². The van der Waals surface area contributed by atoms with Gasteiger partial charge in [-0.05, 0) is 94.4 Å². The molecule has 120 valence electrons. The first kappa shape index (κ1) is 15.8. The molecule has 2 saturated carbocycles. The van der Waals surface area contributed by atoms with Crippen LogP contribution in [-0.2, 0) is 0 Å². The molecule has 0 unspecified atom stereocenters. The number of aryl methyl sites for hydroxylation is 1. The molecule has 0 amide bonds. The Balaban J connectivity index is 1.49. The zero-order valence-electron chi connectivity index (χ0n) is 14.4. The summed E-state index contributed by atoms with van der Waals surface area (Å²) in [6.07, 6.45) is 16.3. The van der Waals surface area contributed by atoms with E-state index in [4.69, 9.17) is 0 Å². The standard InChI is InChI=1S/C22H32/c1-3-4-18-7-11-20(12-8-18)22-15-13-21(14-16-22)19-9-5-17(2)6-10-19/h3-6,9-10,18,20-22H,7-8,11-16H2,1-2H3/b4-3+. The number of hydrogen-bond acceptors (Lipinski definition) is 0. The van der Waals surface area contributed by atoms with Crippen molar-refractivity contribution >= 4 is 0 Å². The molecular weight excluding hydrogens is 264 g/mol. The molecule has 3 rings (SSSR count). The molecular formula is C22H32. The van der Waals surface area contributed by atoms with Crippen molar-refractivity contribution in [3.8, 4) is 0 Å². The minimum atomic E-state index is 0.830. The molecule has 1 aromatic rings. The molecule has 2 fully saturated rings. The van der Waals surface area contributed by atoms with E-state index in [1.807, 2.05) is 0 Å². The quantitative estimate of drug-likeness (QED) is 0.548. The van der Waals surface area contributed by atoms with Gasteiger partial charge in [0.15, 0.2) is 0 Å². The fourth-order valence-electron chi connectivity index (χ4n) is 4.84. The van der Waals surface area contributed by atoms with Crippen molar-refractivity contribution < 1.29 is 0 Å². The zero-order chi connectivity index (χ0) is 15.4. The predicted octanol–water partition coefficient (Wildman–Crippen LogP) is 6.65. The second kappa shape index (κ2) is 7.49. The monoisotopic (exact) mass is 296 g/mol. The summed E-state index contributed by atoms with van der Waals surface area (Å²) < 4.78 is 0. The van der Waals surface area contributed by atoms with Gasteiger partial charge in [0.05, 0.1) is 0 Å². The predicted molar refractivity (Wildman–Crippen MR) is 96.1 cm³/mol. The van der Waals surface area contributed by atoms with Gasteiger partial charge >= 0.3 is 0 Å². The highest BCUT2D eigenvalue weighted by molar-refractivity contribution is 5.24. The van der Waals surface area contributed by atoms with Crippen molar-refractivity contribution in [3.63, 3.8) is 0 Å². The van der Waals surface area contributed by atoms with E-state index in [-0.39, 0.29) is 0 Å². The Bertz CT molecular complexity index is 465. The Labute approximate surface area is 137 Å². The van der Waals surface area contributed by atoms with Crippen LogP contribution in [0.15, 0.2) is 36.4 Å². The van der Waals surface area contributed by atoms with Crippen molar-refractivity contribution in [2.24, 2.45) is 17.8 Å². The maximum atomic E-state index is 2.44. The topological polar surface area (TPSA) is 0 Å². The van der Waals surface area contributed by atoms with Crippen LogP contribution in [0.3, 0.4) is 0 Å². The van der Waals surface area contributed by atoms with Crippen LogP contribution < -0.4 is 0 Å². The van der Waals surface area contributed by atoms with Crippen molar-refractivity contribution in [1.82, 2.24) is 0 Å². The van der Waals surface area contributed by atoms with Gasteiger partial charge in [-0.25, -0.2) is 0 Å². The van der Waals surface area contributed by atoms with E-state index in [0.717, 1.165) is 23.7 Å². The van der Waals surface area contributed by atoms with E-state index in [1.54, 1.807) is 5.56 Å². The highest BCUT2D eigenvalue weighted by atomic mass is 14.4. The largest absolute Gasteiger partial charge is 0.0914 e. The Hall–Kier alpha value is -1.04. The van der Waals surface area contributed by atoms with Crippen molar-refractivity contribution in [1.29, 1.82) is 0 Å². The summed E-state index contributed by atoms with van der Waals surface area (Å²) >= 11 is 0. The number of benzene rings is 1. The fourth-order valence-corrected chi connectivity index (χ4v) is 4.84. The van der Waals surface area contributed by atoms with E-state index in [0.29, 0.717) is 0 Å². The van der Waals surface area contributed by atoms with Crippen LogP contribution in [0.5, 0.6) is 0 Å². The molecule has 0 atom stereocenters. The van der Waals surface area contributed by atoms with Gasteiger partial charge in [0.25, 0.3) is 0 Å². The van der Waals surface area contributed by atoms with E-state index >= 15 is 0 Å². The molecule has 2 aliphatic rings. The van der Waals surface area contributed by atoms with E-state index in [1.165, 1.54) is 56.9 Å². The maximum Gasteiger partial charge on any atom is -0.0162 e. The molecule has 0 nitrogen and oxygen atoms in total. The molecule has 0 aliphatic heterocycles. The van der Waals surface area contributed by atoms with Gasteiger partial charge in [-0.3, -0.25) is 0 Å². The smallest absolute Gasteiger partial charge is 0.0162 e. The third-order valence-electron chi connectivity index (χ3n) is 6.27. The summed E-state index contributed by atoms with van der Waals surface area (Å²) in [6.45, 7) is 4.35. The summed E-state index contributed by atoms with van der Waals surface area (Å²) in [5, 5.41) is 0. The minimum Gasteiger partial charge on any atom is -0.0914 e. The van der Waals surface area contributed by atoms with Crippen LogP contribution in [0.25, 0.3) is 0 Å². The minimum absolute atomic E-state index is 0.830. The highest BCUT2D eigenvalue weighted by Crippen LogP contribution is 2.44. The molecule has 0 bridgehead atoms. The molecule has 0 radical (unpaired) electrons. The lowest BCUT2D eigenvalue weighted by atomic mass is 9.68.